The van der Waals surface area contributed by atoms with Crippen molar-refractivity contribution in [2.24, 2.45) is 4.99 Å². The van der Waals surface area contributed by atoms with Crippen molar-refractivity contribution >= 4 is 40.1 Å². The van der Waals surface area contributed by atoms with Gasteiger partial charge in [0, 0.05) is 16.6 Å². The molecule has 0 aromatic carbocycles. The van der Waals surface area contributed by atoms with Crippen molar-refractivity contribution < 1.29 is 14.3 Å². The van der Waals surface area contributed by atoms with E-state index in [0.717, 1.165) is 22.2 Å². The fourth-order valence-electron chi connectivity index (χ4n) is 3.15. The summed E-state index contributed by atoms with van der Waals surface area (Å²) in [7, 11) is 0. The molecule has 2 aliphatic rings. The number of fused-ring (bicyclic) bond motifs is 1. The van der Waals surface area contributed by atoms with Crippen LogP contribution in [0.5, 0.6) is 0 Å². The van der Waals surface area contributed by atoms with E-state index in [2.05, 4.69) is 16.9 Å². The smallest absolute Gasteiger partial charge is 0.338 e. The molecule has 8 heteroatoms. The molecule has 1 aromatic heterocycles. The molecule has 6 nitrogen and oxygen atoms in total. The summed E-state index contributed by atoms with van der Waals surface area (Å²) < 4.78 is 5.35. The zero-order valence-corrected chi connectivity index (χ0v) is 18.4. The summed E-state index contributed by atoms with van der Waals surface area (Å²) >= 11 is 3.04. The number of thioether (sulfide) groups is 1. The second-order valence-corrected chi connectivity index (χ2v) is 8.67. The van der Waals surface area contributed by atoms with Gasteiger partial charge in [-0.05, 0) is 37.1 Å². The van der Waals surface area contributed by atoms with Crippen LogP contribution in [0.3, 0.4) is 0 Å². The molecule has 3 rings (SSSR count). The molecule has 1 amide bonds. The maximum absolute atomic E-state index is 12.9. The standard InChI is InChI=1S/C21H25N3O3S2/c1-5-9-27-20(26)18-14(4)23-21-24(19(18)16-8-7-10-28-16)15(12-29-21)11-17(25)22-13(3)6-2/h5,7-8,10,12-13,19H,1,6,9,11H2,2-4H3,(H,22,25). The number of nitrogens with zero attached hydrogens (tertiary/aromatic N) is 2. The van der Waals surface area contributed by atoms with Gasteiger partial charge in [0.2, 0.25) is 5.91 Å². The Morgan fingerprint density at radius 2 is 2.28 bits per heavy atom. The Kier molecular flexibility index (Phi) is 6.97. The van der Waals surface area contributed by atoms with Crippen molar-refractivity contribution in [3.05, 3.63) is 57.4 Å². The number of amidine groups is 1. The van der Waals surface area contributed by atoms with E-state index in [4.69, 9.17) is 4.74 Å². The van der Waals surface area contributed by atoms with Crippen LogP contribution in [0, 0.1) is 0 Å². The molecule has 1 aromatic rings. The Labute approximate surface area is 179 Å². The lowest BCUT2D eigenvalue weighted by Gasteiger charge is -2.35. The van der Waals surface area contributed by atoms with Crippen LogP contribution in [0.15, 0.2) is 57.5 Å². The summed E-state index contributed by atoms with van der Waals surface area (Å²) in [5.41, 5.74) is 1.96. The molecular formula is C21H25N3O3S2. The average molecular weight is 432 g/mol. The van der Waals surface area contributed by atoms with E-state index in [1.54, 1.807) is 17.4 Å². The van der Waals surface area contributed by atoms with Gasteiger partial charge < -0.3 is 15.0 Å². The lowest BCUT2D eigenvalue weighted by atomic mass is 9.99. The zero-order valence-electron chi connectivity index (χ0n) is 16.8. The van der Waals surface area contributed by atoms with Gasteiger partial charge >= 0.3 is 5.97 Å². The number of thiophene rings is 1. The van der Waals surface area contributed by atoms with Crippen molar-refractivity contribution in [3.63, 3.8) is 0 Å². The van der Waals surface area contributed by atoms with Gasteiger partial charge in [0.05, 0.1) is 17.7 Å². The Morgan fingerprint density at radius 1 is 1.48 bits per heavy atom. The van der Waals surface area contributed by atoms with E-state index in [0.29, 0.717) is 11.3 Å². The minimum Gasteiger partial charge on any atom is -0.458 e. The highest BCUT2D eigenvalue weighted by molar-refractivity contribution is 8.16. The van der Waals surface area contributed by atoms with E-state index >= 15 is 0 Å². The first-order valence-corrected chi connectivity index (χ1v) is 11.3. The Hall–Kier alpha value is -2.32. The fraction of sp³-hybridized carbons (Fsp3) is 0.381. The highest BCUT2D eigenvalue weighted by atomic mass is 32.2. The van der Waals surface area contributed by atoms with Gasteiger partial charge in [0.25, 0.3) is 0 Å². The molecule has 0 fully saturated rings. The quantitative estimate of drug-likeness (QED) is 0.489. The molecule has 2 unspecified atom stereocenters. The molecule has 0 radical (unpaired) electrons. The van der Waals surface area contributed by atoms with E-state index in [9.17, 15) is 9.59 Å². The molecule has 2 atom stereocenters. The third-order valence-electron chi connectivity index (χ3n) is 4.73. The van der Waals surface area contributed by atoms with Crippen LogP contribution in [0.25, 0.3) is 0 Å². The summed E-state index contributed by atoms with van der Waals surface area (Å²) in [6, 6.07) is 3.70. The van der Waals surface area contributed by atoms with Gasteiger partial charge in [-0.25, -0.2) is 9.79 Å². The Bertz CT molecular complexity index is 887. The maximum Gasteiger partial charge on any atom is 0.338 e. The summed E-state index contributed by atoms with van der Waals surface area (Å²) in [5.74, 6) is -0.455. The van der Waals surface area contributed by atoms with E-state index in [-0.39, 0.29) is 31.0 Å². The summed E-state index contributed by atoms with van der Waals surface area (Å²) in [4.78, 5) is 33.0. The number of esters is 1. The predicted molar refractivity (Wildman–Crippen MR) is 118 cm³/mol. The molecule has 2 aliphatic heterocycles. The van der Waals surface area contributed by atoms with E-state index in [1.165, 1.54) is 11.8 Å². The second-order valence-electron chi connectivity index (χ2n) is 6.85. The van der Waals surface area contributed by atoms with Crippen LogP contribution in [0.2, 0.25) is 0 Å². The normalized spacial score (nSPS) is 19.3. The van der Waals surface area contributed by atoms with Gasteiger partial charge in [0.15, 0.2) is 5.17 Å². The molecule has 1 N–H and O–H groups in total. The molecular weight excluding hydrogens is 406 g/mol. The van der Waals surface area contributed by atoms with Crippen molar-refractivity contribution in [1.29, 1.82) is 0 Å². The number of hydrogen-bond donors (Lipinski definition) is 1. The minimum atomic E-state index is -0.413. The highest BCUT2D eigenvalue weighted by Gasteiger charge is 2.41. The topological polar surface area (TPSA) is 71.0 Å². The van der Waals surface area contributed by atoms with Crippen LogP contribution >= 0.6 is 23.1 Å². The monoisotopic (exact) mass is 431 g/mol. The van der Waals surface area contributed by atoms with E-state index < -0.39 is 5.97 Å². The molecule has 154 valence electrons. The molecule has 0 saturated heterocycles. The molecule has 0 spiro atoms. The maximum atomic E-state index is 12.9. The number of aliphatic imine (C=N–C) groups is 1. The number of carbonyl (C=O) groups is 2. The number of hydrogen-bond acceptors (Lipinski definition) is 7. The number of allylic oxidation sites excluding steroid dienone is 1. The van der Waals surface area contributed by atoms with Crippen molar-refractivity contribution in [1.82, 2.24) is 10.2 Å². The summed E-state index contributed by atoms with van der Waals surface area (Å²) in [6.07, 6.45) is 2.64. The van der Waals surface area contributed by atoms with Gasteiger partial charge in [-0.1, -0.05) is 37.4 Å². The van der Waals surface area contributed by atoms with Crippen LogP contribution in [-0.2, 0) is 14.3 Å². The van der Waals surface area contributed by atoms with Crippen molar-refractivity contribution in [2.75, 3.05) is 6.61 Å². The third kappa shape index (κ3) is 4.64. The molecule has 3 heterocycles. The average Bonchev–Trinajstić information content (AvgIpc) is 3.35. The van der Waals surface area contributed by atoms with Crippen molar-refractivity contribution in [2.45, 2.75) is 45.7 Å². The van der Waals surface area contributed by atoms with Crippen LogP contribution in [-0.4, -0.2) is 34.6 Å². The lowest BCUT2D eigenvalue weighted by molar-refractivity contribution is -0.138. The minimum absolute atomic E-state index is 0.0422. The second kappa shape index (κ2) is 9.45. The van der Waals surface area contributed by atoms with E-state index in [1.807, 2.05) is 48.6 Å². The predicted octanol–water partition coefficient (Wildman–Crippen LogP) is 4.36. The molecule has 0 bridgehead atoms. The molecule has 0 aliphatic carbocycles. The van der Waals surface area contributed by atoms with Crippen molar-refractivity contribution in [3.8, 4) is 0 Å². The van der Waals surface area contributed by atoms with Gasteiger partial charge in [0.1, 0.15) is 12.6 Å². The third-order valence-corrected chi connectivity index (χ3v) is 6.54. The molecule has 0 saturated carbocycles. The van der Waals surface area contributed by atoms with Gasteiger partial charge in [-0.2, -0.15) is 0 Å². The first-order valence-electron chi connectivity index (χ1n) is 9.51. The number of ether oxygens (including phenoxy) is 1. The lowest BCUT2D eigenvalue weighted by Crippen LogP contribution is -2.38. The van der Waals surface area contributed by atoms with Crippen LogP contribution < -0.4 is 5.32 Å². The largest absolute Gasteiger partial charge is 0.458 e. The summed E-state index contributed by atoms with van der Waals surface area (Å²) in [6.45, 7) is 9.59. The zero-order chi connectivity index (χ0) is 21.0. The first-order chi connectivity index (χ1) is 14.0. The van der Waals surface area contributed by atoms with Crippen LogP contribution in [0.1, 0.15) is 44.5 Å². The number of amides is 1. The van der Waals surface area contributed by atoms with Gasteiger partial charge in [-0.3, -0.25) is 4.79 Å². The van der Waals surface area contributed by atoms with Crippen LogP contribution in [0.4, 0.5) is 0 Å². The fourth-order valence-corrected chi connectivity index (χ4v) is 4.94. The summed E-state index contributed by atoms with van der Waals surface area (Å²) in [5, 5.41) is 7.70. The Morgan fingerprint density at radius 3 is 2.93 bits per heavy atom. The molecule has 29 heavy (non-hydrogen) atoms. The number of nitrogens with one attached hydrogen (secondary N) is 1. The first kappa shape index (κ1) is 21.4. The Balaban J connectivity index is 1.93. The number of carbonyl (C=O) groups excluding carboxylic acids is 2. The number of rotatable bonds is 8. The van der Waals surface area contributed by atoms with Gasteiger partial charge in [-0.15, -0.1) is 11.3 Å². The highest BCUT2D eigenvalue weighted by Crippen LogP contribution is 2.45. The SMILES string of the molecule is C=CCOC(=O)C1=C(C)N=C2SC=C(CC(=O)NC(C)CC)N2C1c1cccs1.